The van der Waals surface area contributed by atoms with Crippen LogP contribution in [0.2, 0.25) is 0 Å². The highest BCUT2D eigenvalue weighted by molar-refractivity contribution is 7.25. The van der Waals surface area contributed by atoms with Gasteiger partial charge in [0.25, 0.3) is 0 Å². The van der Waals surface area contributed by atoms with Gasteiger partial charge in [-0.2, -0.15) is 0 Å². The number of hydrogen-bond donors (Lipinski definition) is 0. The lowest BCUT2D eigenvalue weighted by Gasteiger charge is -2.26. The minimum Gasteiger partial charge on any atom is -0.436 e. The summed E-state index contributed by atoms with van der Waals surface area (Å²) in [5.41, 5.74) is 10.7. The molecule has 0 radical (unpaired) electrons. The summed E-state index contributed by atoms with van der Waals surface area (Å²) in [6.07, 6.45) is 0. The molecule has 0 unspecified atom stereocenters. The summed E-state index contributed by atoms with van der Waals surface area (Å²) in [5.74, 6) is 0.646. The van der Waals surface area contributed by atoms with Crippen molar-refractivity contribution in [2.45, 2.75) is 0 Å². The summed E-state index contributed by atoms with van der Waals surface area (Å²) in [6.45, 7) is 0. The van der Waals surface area contributed by atoms with Crippen molar-refractivity contribution in [3.63, 3.8) is 0 Å². The predicted molar refractivity (Wildman–Crippen MR) is 233 cm³/mol. The smallest absolute Gasteiger partial charge is 0.227 e. The Labute approximate surface area is 322 Å². The lowest BCUT2D eigenvalue weighted by atomic mass is 9.98. The van der Waals surface area contributed by atoms with E-state index in [4.69, 9.17) is 9.40 Å². The number of nitrogens with zero attached hydrogens (tertiary/aromatic N) is 2. The van der Waals surface area contributed by atoms with E-state index in [1.165, 1.54) is 64.0 Å². The maximum absolute atomic E-state index is 6.28. The maximum atomic E-state index is 6.28. The van der Waals surface area contributed by atoms with E-state index in [1.54, 1.807) is 11.3 Å². The average Bonchev–Trinajstić information content (AvgIpc) is 3.83. The zero-order chi connectivity index (χ0) is 36.3. The van der Waals surface area contributed by atoms with Crippen LogP contribution < -0.4 is 4.90 Å². The second-order valence-electron chi connectivity index (χ2n) is 14.0. The van der Waals surface area contributed by atoms with Gasteiger partial charge in [0.15, 0.2) is 5.58 Å². The highest BCUT2D eigenvalue weighted by atomic mass is 32.1. The molecule has 55 heavy (non-hydrogen) atoms. The van der Waals surface area contributed by atoms with E-state index in [9.17, 15) is 0 Å². The van der Waals surface area contributed by atoms with E-state index < -0.39 is 0 Å². The molecule has 0 fully saturated rings. The first-order chi connectivity index (χ1) is 27.2. The van der Waals surface area contributed by atoms with Crippen molar-refractivity contribution in [2.75, 3.05) is 4.90 Å². The van der Waals surface area contributed by atoms with Crippen molar-refractivity contribution in [3.05, 3.63) is 194 Å². The van der Waals surface area contributed by atoms with Crippen molar-refractivity contribution in [1.29, 1.82) is 0 Å². The van der Waals surface area contributed by atoms with Crippen LogP contribution in [0, 0.1) is 0 Å². The average molecular weight is 721 g/mol. The van der Waals surface area contributed by atoms with Gasteiger partial charge in [-0.15, -0.1) is 11.3 Å². The van der Waals surface area contributed by atoms with Gasteiger partial charge in [-0.1, -0.05) is 127 Å². The Bertz CT molecular complexity index is 3210. The number of hydrogen-bond acceptors (Lipinski definition) is 4. The van der Waals surface area contributed by atoms with Crippen molar-refractivity contribution < 1.29 is 4.42 Å². The first kappa shape index (κ1) is 31.5. The van der Waals surface area contributed by atoms with E-state index in [2.05, 4.69) is 169 Å². The van der Waals surface area contributed by atoms with Crippen molar-refractivity contribution >= 4 is 81.2 Å². The fourth-order valence-corrected chi connectivity index (χ4v) is 9.09. The minimum atomic E-state index is 0.646. The number of thiophene rings is 1. The highest BCUT2D eigenvalue weighted by Gasteiger charge is 2.18. The minimum absolute atomic E-state index is 0.646. The van der Waals surface area contributed by atoms with Crippen LogP contribution in [0.25, 0.3) is 86.5 Å². The zero-order valence-corrected chi connectivity index (χ0v) is 30.5. The molecule has 0 bridgehead atoms. The molecule has 0 aliphatic rings. The first-order valence-electron chi connectivity index (χ1n) is 18.5. The molecule has 0 amide bonds. The number of aromatic nitrogens is 1. The van der Waals surface area contributed by atoms with Crippen LogP contribution in [0.1, 0.15) is 0 Å². The summed E-state index contributed by atoms with van der Waals surface area (Å²) in [7, 11) is 0. The summed E-state index contributed by atoms with van der Waals surface area (Å²) in [5, 5.41) is 7.37. The molecule has 0 atom stereocenters. The molecule has 0 spiro atoms. The molecule has 0 N–H and O–H groups in total. The zero-order valence-electron chi connectivity index (χ0n) is 29.7. The Kier molecular flexibility index (Phi) is 7.35. The molecule has 9 aromatic carbocycles. The van der Waals surface area contributed by atoms with Gasteiger partial charge in [-0.05, 0) is 111 Å². The number of rotatable bonds is 6. The molecular formula is C51H32N2OS. The largest absolute Gasteiger partial charge is 0.436 e. The Hall–Kier alpha value is -7.01. The van der Waals surface area contributed by atoms with E-state index in [0.717, 1.165) is 33.7 Å². The maximum Gasteiger partial charge on any atom is 0.227 e. The van der Waals surface area contributed by atoms with Crippen LogP contribution >= 0.6 is 11.3 Å². The first-order valence-corrected chi connectivity index (χ1v) is 19.3. The Morgan fingerprint density at radius 2 is 1.07 bits per heavy atom. The standard InChI is InChI=1S/C51H32N2OS/c1-2-12-36(13-3-1)51-52-47-32-50-46(31-48(47)54-51)45-27-26-42(30-49(45)55-50)53(40-24-22-35(23-25-40)44-19-9-15-34-11-6-7-18-43(34)44)41-17-8-16-38(29-41)39-21-20-33-10-4-5-14-37(33)28-39/h1-32H. The topological polar surface area (TPSA) is 29.3 Å². The van der Waals surface area contributed by atoms with Gasteiger partial charge in [0.05, 0.1) is 0 Å². The molecular weight excluding hydrogens is 689 g/mol. The van der Waals surface area contributed by atoms with Crippen molar-refractivity contribution in [3.8, 4) is 33.7 Å². The van der Waals surface area contributed by atoms with Crippen LogP contribution in [0.3, 0.4) is 0 Å². The number of benzene rings is 9. The van der Waals surface area contributed by atoms with E-state index in [1.807, 2.05) is 30.3 Å². The Morgan fingerprint density at radius 1 is 0.400 bits per heavy atom. The van der Waals surface area contributed by atoms with Gasteiger partial charge in [0.2, 0.25) is 5.89 Å². The molecule has 0 aliphatic carbocycles. The Morgan fingerprint density at radius 3 is 1.96 bits per heavy atom. The molecule has 0 saturated heterocycles. The highest BCUT2D eigenvalue weighted by Crippen LogP contribution is 2.43. The SMILES string of the molecule is c1ccc(-c2nc3cc4sc5cc(N(c6ccc(-c7cccc8ccccc78)cc6)c6cccc(-c7ccc8ccccc8c7)c6)ccc5c4cc3o2)cc1. The third-order valence-corrected chi connectivity index (χ3v) is 11.8. The molecule has 0 saturated carbocycles. The van der Waals surface area contributed by atoms with E-state index in [0.29, 0.717) is 5.89 Å². The second kappa shape index (κ2) is 12.8. The molecule has 0 aliphatic heterocycles. The summed E-state index contributed by atoms with van der Waals surface area (Å²) in [6, 6.07) is 69.5. The van der Waals surface area contributed by atoms with E-state index >= 15 is 0 Å². The fraction of sp³-hybridized carbons (Fsp3) is 0. The van der Waals surface area contributed by atoms with Crippen molar-refractivity contribution in [2.24, 2.45) is 0 Å². The molecule has 11 rings (SSSR count). The van der Waals surface area contributed by atoms with Gasteiger partial charge >= 0.3 is 0 Å². The van der Waals surface area contributed by atoms with Crippen LogP contribution in [0.5, 0.6) is 0 Å². The van der Waals surface area contributed by atoms with Gasteiger partial charge in [0.1, 0.15) is 5.52 Å². The Balaban J connectivity index is 1.03. The molecule has 2 heterocycles. The number of oxazole rings is 1. The molecule has 4 heteroatoms. The second-order valence-corrected chi connectivity index (χ2v) is 15.1. The molecule has 3 nitrogen and oxygen atoms in total. The van der Waals surface area contributed by atoms with Gasteiger partial charge < -0.3 is 9.32 Å². The van der Waals surface area contributed by atoms with Crippen molar-refractivity contribution in [1.82, 2.24) is 4.98 Å². The third kappa shape index (κ3) is 5.54. The molecule has 11 aromatic rings. The van der Waals surface area contributed by atoms with Gasteiger partial charge in [-0.25, -0.2) is 4.98 Å². The van der Waals surface area contributed by atoms with Crippen LogP contribution in [-0.4, -0.2) is 4.98 Å². The lowest BCUT2D eigenvalue weighted by molar-refractivity contribution is 0.620. The number of anilines is 3. The summed E-state index contributed by atoms with van der Waals surface area (Å²) in [4.78, 5) is 7.23. The third-order valence-electron chi connectivity index (χ3n) is 10.7. The van der Waals surface area contributed by atoms with E-state index in [-0.39, 0.29) is 0 Å². The summed E-state index contributed by atoms with van der Waals surface area (Å²) >= 11 is 1.80. The lowest BCUT2D eigenvalue weighted by Crippen LogP contribution is -2.10. The van der Waals surface area contributed by atoms with Crippen LogP contribution in [-0.2, 0) is 0 Å². The van der Waals surface area contributed by atoms with Gasteiger partial charge in [-0.3, -0.25) is 0 Å². The number of fused-ring (bicyclic) bond motifs is 6. The monoisotopic (exact) mass is 720 g/mol. The quantitative estimate of drug-likeness (QED) is 0.171. The van der Waals surface area contributed by atoms with Crippen LogP contribution in [0.15, 0.2) is 199 Å². The summed E-state index contributed by atoms with van der Waals surface area (Å²) < 4.78 is 8.69. The van der Waals surface area contributed by atoms with Crippen LogP contribution in [0.4, 0.5) is 17.1 Å². The predicted octanol–water partition coefficient (Wildman–Crippen LogP) is 15.0. The van der Waals surface area contributed by atoms with Gasteiger partial charge in [0, 0.05) is 42.8 Å². The normalized spacial score (nSPS) is 11.6. The fourth-order valence-electron chi connectivity index (χ4n) is 7.94. The molecule has 2 aromatic heterocycles. The molecule has 258 valence electrons.